The Kier molecular flexibility index (Phi) is 2.56. The third-order valence-electron chi connectivity index (χ3n) is 1.38. The molecule has 0 aliphatic carbocycles. The van der Waals surface area contributed by atoms with Crippen molar-refractivity contribution in [1.82, 2.24) is 10.5 Å². The van der Waals surface area contributed by atoms with Gasteiger partial charge >= 0.3 is 5.97 Å². The van der Waals surface area contributed by atoms with Crippen LogP contribution in [0.25, 0.3) is 0 Å². The van der Waals surface area contributed by atoms with Crippen LogP contribution in [0.5, 0.6) is 0 Å². The Bertz CT molecular complexity index is 351. The van der Waals surface area contributed by atoms with Crippen molar-refractivity contribution in [2.45, 2.75) is 0 Å². The minimum atomic E-state index is -1.17. The van der Waals surface area contributed by atoms with E-state index in [1.165, 1.54) is 18.3 Å². The van der Waals surface area contributed by atoms with Crippen LogP contribution in [0.15, 0.2) is 18.3 Å². The van der Waals surface area contributed by atoms with Gasteiger partial charge in [-0.15, -0.1) is 0 Å². The molecular weight excluding hydrogens is 174 g/mol. The largest absolute Gasteiger partial charge is 0.477 e. The Hall–Kier alpha value is -1.95. The molecule has 6 heteroatoms. The highest BCUT2D eigenvalue weighted by molar-refractivity contribution is 5.97. The number of carbonyl (C=O) groups is 1. The molecule has 4 N–H and O–H groups in total. The molecule has 0 fully saturated rings. The summed E-state index contributed by atoms with van der Waals surface area (Å²) < 4.78 is 0. The fourth-order valence-corrected chi connectivity index (χ4v) is 0.768. The summed E-state index contributed by atoms with van der Waals surface area (Å²) in [6.45, 7) is 0. The van der Waals surface area contributed by atoms with Crippen molar-refractivity contribution in [3.05, 3.63) is 29.6 Å². The number of nitrogens with zero attached hydrogens (tertiary/aromatic N) is 1. The number of aromatic carboxylic acids is 1. The third-order valence-corrected chi connectivity index (χ3v) is 1.38. The van der Waals surface area contributed by atoms with E-state index in [9.17, 15) is 4.79 Å². The van der Waals surface area contributed by atoms with Crippen molar-refractivity contribution in [3.63, 3.8) is 0 Å². The SMILES string of the molecule is N=C(NO)c1ccnc(C(=O)O)c1. The van der Waals surface area contributed by atoms with Crippen LogP contribution < -0.4 is 5.48 Å². The number of rotatable bonds is 2. The quantitative estimate of drug-likeness (QED) is 0.294. The molecule has 0 aliphatic rings. The first-order valence-corrected chi connectivity index (χ1v) is 3.33. The van der Waals surface area contributed by atoms with Crippen LogP contribution >= 0.6 is 0 Å². The zero-order chi connectivity index (χ0) is 9.84. The topological polar surface area (TPSA) is 106 Å². The van der Waals surface area contributed by atoms with Crippen molar-refractivity contribution >= 4 is 11.8 Å². The normalized spacial score (nSPS) is 9.31. The number of carboxylic acids is 1. The standard InChI is InChI=1S/C7H7N3O3/c8-6(10-13)4-1-2-9-5(3-4)7(11)12/h1-3,13H,(H2,8,10)(H,11,12). The van der Waals surface area contributed by atoms with Crippen molar-refractivity contribution < 1.29 is 15.1 Å². The molecule has 0 aliphatic heterocycles. The van der Waals surface area contributed by atoms with Gasteiger partial charge in [-0.2, -0.15) is 0 Å². The number of pyridine rings is 1. The van der Waals surface area contributed by atoms with Crippen molar-refractivity contribution in [3.8, 4) is 0 Å². The molecule has 1 rings (SSSR count). The van der Waals surface area contributed by atoms with Gasteiger partial charge in [0.05, 0.1) is 0 Å². The van der Waals surface area contributed by atoms with E-state index >= 15 is 0 Å². The Labute approximate surface area is 73.3 Å². The van der Waals surface area contributed by atoms with Crippen LogP contribution in [-0.4, -0.2) is 27.1 Å². The highest BCUT2D eigenvalue weighted by Crippen LogP contribution is 2.01. The van der Waals surface area contributed by atoms with Crippen LogP contribution in [0.1, 0.15) is 16.1 Å². The second kappa shape index (κ2) is 3.63. The minimum Gasteiger partial charge on any atom is -0.477 e. The Morgan fingerprint density at radius 2 is 2.31 bits per heavy atom. The van der Waals surface area contributed by atoms with E-state index in [-0.39, 0.29) is 17.1 Å². The number of hydrogen-bond acceptors (Lipinski definition) is 4. The van der Waals surface area contributed by atoms with Crippen LogP contribution in [0.4, 0.5) is 0 Å². The number of aromatic nitrogens is 1. The number of amidine groups is 1. The molecule has 68 valence electrons. The summed E-state index contributed by atoms with van der Waals surface area (Å²) in [5, 5.41) is 24.1. The molecule has 0 bridgehead atoms. The number of carboxylic acid groups (broad SMARTS) is 1. The predicted molar refractivity (Wildman–Crippen MR) is 42.9 cm³/mol. The zero-order valence-corrected chi connectivity index (χ0v) is 6.48. The number of hydroxylamine groups is 1. The molecule has 0 saturated carbocycles. The minimum absolute atomic E-state index is 0.169. The summed E-state index contributed by atoms with van der Waals surface area (Å²) in [5.41, 5.74) is 1.70. The highest BCUT2D eigenvalue weighted by atomic mass is 16.5. The fraction of sp³-hybridized carbons (Fsp3) is 0. The summed E-state index contributed by atoms with van der Waals surface area (Å²) in [7, 11) is 0. The third kappa shape index (κ3) is 2.00. The van der Waals surface area contributed by atoms with Gasteiger partial charge in [-0.3, -0.25) is 16.1 Å². The maximum absolute atomic E-state index is 10.4. The lowest BCUT2D eigenvalue weighted by molar-refractivity contribution is 0.0690. The summed E-state index contributed by atoms with van der Waals surface area (Å²) >= 11 is 0. The first kappa shape index (κ1) is 9.14. The first-order valence-electron chi connectivity index (χ1n) is 3.33. The van der Waals surface area contributed by atoms with Crippen LogP contribution in [0, 0.1) is 5.41 Å². The maximum Gasteiger partial charge on any atom is 0.354 e. The van der Waals surface area contributed by atoms with Gasteiger partial charge in [0.1, 0.15) is 11.5 Å². The van der Waals surface area contributed by atoms with Gasteiger partial charge < -0.3 is 5.11 Å². The first-order chi connectivity index (χ1) is 6.15. The summed E-state index contributed by atoms with van der Waals surface area (Å²) in [4.78, 5) is 14.0. The van der Waals surface area contributed by atoms with Gasteiger partial charge in [0, 0.05) is 11.8 Å². The molecule has 1 aromatic rings. The van der Waals surface area contributed by atoms with Crippen LogP contribution in [-0.2, 0) is 0 Å². The molecular formula is C7H7N3O3. The van der Waals surface area contributed by atoms with Crippen molar-refractivity contribution in [2.75, 3.05) is 0 Å². The Morgan fingerprint density at radius 3 is 2.85 bits per heavy atom. The molecule has 0 spiro atoms. The second-order valence-electron chi connectivity index (χ2n) is 2.22. The molecule has 0 saturated heterocycles. The molecule has 1 aromatic heterocycles. The van der Waals surface area contributed by atoms with Gasteiger partial charge in [-0.05, 0) is 12.1 Å². The van der Waals surface area contributed by atoms with E-state index < -0.39 is 5.97 Å². The molecule has 0 atom stereocenters. The van der Waals surface area contributed by atoms with Gasteiger partial charge in [-0.25, -0.2) is 9.78 Å². The van der Waals surface area contributed by atoms with E-state index in [1.54, 1.807) is 5.48 Å². The van der Waals surface area contributed by atoms with E-state index in [1.807, 2.05) is 0 Å². The number of nitrogens with one attached hydrogen (secondary N) is 2. The van der Waals surface area contributed by atoms with E-state index in [4.69, 9.17) is 15.7 Å². The Balaban J connectivity index is 3.05. The molecule has 0 unspecified atom stereocenters. The second-order valence-corrected chi connectivity index (χ2v) is 2.22. The van der Waals surface area contributed by atoms with Crippen LogP contribution in [0.2, 0.25) is 0 Å². The van der Waals surface area contributed by atoms with E-state index in [0.29, 0.717) is 0 Å². The summed E-state index contributed by atoms with van der Waals surface area (Å²) in [6.07, 6.45) is 1.25. The van der Waals surface area contributed by atoms with Crippen molar-refractivity contribution in [1.29, 1.82) is 5.41 Å². The summed E-state index contributed by atoms with van der Waals surface area (Å²) in [5.74, 6) is -1.45. The van der Waals surface area contributed by atoms with Gasteiger partial charge in [0.15, 0.2) is 0 Å². The molecule has 0 amide bonds. The number of hydrogen-bond donors (Lipinski definition) is 4. The Morgan fingerprint density at radius 1 is 1.62 bits per heavy atom. The van der Waals surface area contributed by atoms with Crippen LogP contribution in [0.3, 0.4) is 0 Å². The maximum atomic E-state index is 10.4. The summed E-state index contributed by atoms with van der Waals surface area (Å²) in [6, 6.07) is 2.60. The van der Waals surface area contributed by atoms with E-state index in [2.05, 4.69) is 4.98 Å². The van der Waals surface area contributed by atoms with Gasteiger partial charge in [0.25, 0.3) is 0 Å². The van der Waals surface area contributed by atoms with Crippen molar-refractivity contribution in [2.24, 2.45) is 0 Å². The molecule has 0 aromatic carbocycles. The van der Waals surface area contributed by atoms with Gasteiger partial charge in [-0.1, -0.05) is 0 Å². The highest BCUT2D eigenvalue weighted by Gasteiger charge is 2.06. The molecule has 0 radical (unpaired) electrons. The molecule has 6 nitrogen and oxygen atoms in total. The van der Waals surface area contributed by atoms with Gasteiger partial charge in [0.2, 0.25) is 0 Å². The fourth-order valence-electron chi connectivity index (χ4n) is 0.768. The van der Waals surface area contributed by atoms with E-state index in [0.717, 1.165) is 0 Å². The smallest absolute Gasteiger partial charge is 0.354 e. The average molecular weight is 181 g/mol. The molecule has 13 heavy (non-hydrogen) atoms. The lowest BCUT2D eigenvalue weighted by Gasteiger charge is -2.01. The monoisotopic (exact) mass is 181 g/mol. The lowest BCUT2D eigenvalue weighted by Crippen LogP contribution is -2.19. The zero-order valence-electron chi connectivity index (χ0n) is 6.48. The lowest BCUT2D eigenvalue weighted by atomic mass is 10.2. The average Bonchev–Trinajstić information content (AvgIpc) is 2.17. The predicted octanol–water partition coefficient (Wildman–Crippen LogP) is 0.0840. The molecule has 1 heterocycles.